The van der Waals surface area contributed by atoms with Crippen molar-refractivity contribution in [2.75, 3.05) is 18.0 Å². The number of halogens is 1. The zero-order chi connectivity index (χ0) is 22.2. The molecule has 2 heterocycles. The Morgan fingerprint density at radius 3 is 2.48 bits per heavy atom. The summed E-state index contributed by atoms with van der Waals surface area (Å²) in [5.74, 6) is 0.645. The highest BCUT2D eigenvalue weighted by Crippen LogP contribution is 2.24. The van der Waals surface area contributed by atoms with Gasteiger partial charge in [0, 0.05) is 28.7 Å². The van der Waals surface area contributed by atoms with E-state index in [9.17, 15) is 4.79 Å². The van der Waals surface area contributed by atoms with E-state index in [1.54, 1.807) is 6.21 Å². The molecule has 2 aromatic carbocycles. The van der Waals surface area contributed by atoms with Crippen LogP contribution in [0.1, 0.15) is 57.0 Å². The molecule has 31 heavy (non-hydrogen) atoms. The van der Waals surface area contributed by atoms with Crippen LogP contribution in [0, 0.1) is 6.92 Å². The summed E-state index contributed by atoms with van der Waals surface area (Å²) < 4.78 is 2.30. The number of anilines is 1. The van der Waals surface area contributed by atoms with E-state index < -0.39 is 0 Å². The van der Waals surface area contributed by atoms with Crippen molar-refractivity contribution in [2.45, 2.75) is 52.4 Å². The predicted octanol–water partition coefficient (Wildman–Crippen LogP) is 5.64. The lowest BCUT2D eigenvalue weighted by Gasteiger charge is -2.29. The molecule has 0 atom stereocenters. The first-order chi connectivity index (χ1) is 14.7. The van der Waals surface area contributed by atoms with Crippen LogP contribution >= 0.6 is 15.9 Å². The van der Waals surface area contributed by atoms with Gasteiger partial charge in [-0.05, 0) is 67.6 Å². The van der Waals surface area contributed by atoms with Gasteiger partial charge >= 0.3 is 0 Å². The van der Waals surface area contributed by atoms with Crippen LogP contribution in [0.25, 0.3) is 10.9 Å². The number of hydrogen-bond acceptors (Lipinski definition) is 4. The van der Waals surface area contributed by atoms with Crippen molar-refractivity contribution in [2.24, 2.45) is 5.10 Å². The van der Waals surface area contributed by atoms with Gasteiger partial charge in [0.05, 0.1) is 17.1 Å². The van der Waals surface area contributed by atoms with Crippen LogP contribution in [0.2, 0.25) is 0 Å². The zero-order valence-corrected chi connectivity index (χ0v) is 20.2. The maximum absolute atomic E-state index is 13.3. The SMILES string of the molecule is Cc1cc(N2CCCCC2)ccc1C=Nn1c(C(C)(C)C)nc2ccc(Br)cc2c1=O. The van der Waals surface area contributed by atoms with Crippen LogP contribution in [0.15, 0.2) is 50.8 Å². The Hall–Kier alpha value is -2.47. The molecule has 4 rings (SSSR count). The molecule has 1 fully saturated rings. The van der Waals surface area contributed by atoms with Gasteiger partial charge in [0.2, 0.25) is 0 Å². The molecule has 0 aliphatic carbocycles. The summed E-state index contributed by atoms with van der Waals surface area (Å²) >= 11 is 3.46. The van der Waals surface area contributed by atoms with Crippen molar-refractivity contribution in [3.8, 4) is 0 Å². The molecule has 5 nitrogen and oxygen atoms in total. The molecule has 0 spiro atoms. The van der Waals surface area contributed by atoms with Gasteiger partial charge in [-0.1, -0.05) is 42.8 Å². The molecule has 162 valence electrons. The molecule has 1 saturated heterocycles. The molecule has 0 unspecified atom stereocenters. The summed E-state index contributed by atoms with van der Waals surface area (Å²) in [6.07, 6.45) is 5.61. The van der Waals surface area contributed by atoms with E-state index >= 15 is 0 Å². The Morgan fingerprint density at radius 1 is 1.06 bits per heavy atom. The molecule has 0 N–H and O–H groups in total. The maximum Gasteiger partial charge on any atom is 0.282 e. The second-order valence-corrected chi connectivity index (χ2v) is 10.2. The van der Waals surface area contributed by atoms with Gasteiger partial charge in [-0.3, -0.25) is 4.79 Å². The lowest BCUT2D eigenvalue weighted by Crippen LogP contribution is -2.29. The zero-order valence-electron chi connectivity index (χ0n) is 18.7. The first kappa shape index (κ1) is 21.8. The van der Waals surface area contributed by atoms with Gasteiger partial charge < -0.3 is 4.90 Å². The third-order valence-corrected chi connectivity index (χ3v) is 6.26. The van der Waals surface area contributed by atoms with Gasteiger partial charge in [0.1, 0.15) is 5.82 Å². The third kappa shape index (κ3) is 4.59. The van der Waals surface area contributed by atoms with Crippen molar-refractivity contribution in [1.82, 2.24) is 9.66 Å². The molecule has 0 bridgehead atoms. The summed E-state index contributed by atoms with van der Waals surface area (Å²) in [5, 5.41) is 5.17. The molecule has 0 saturated carbocycles. The fraction of sp³-hybridized carbons (Fsp3) is 0.400. The predicted molar refractivity (Wildman–Crippen MR) is 133 cm³/mol. The Morgan fingerprint density at radius 2 is 1.81 bits per heavy atom. The minimum atomic E-state index is -0.328. The maximum atomic E-state index is 13.3. The summed E-state index contributed by atoms with van der Waals surface area (Å²) in [7, 11) is 0. The molecule has 3 aromatic rings. The fourth-order valence-electron chi connectivity index (χ4n) is 4.01. The standard InChI is InChI=1S/C25H29BrN4O/c1-17-14-20(29-12-6-5-7-13-29)10-8-18(17)16-27-30-23(31)21-15-19(26)9-11-22(21)28-24(30)25(2,3)4/h8-11,14-16H,5-7,12-13H2,1-4H3. The molecule has 6 heteroatoms. The fourth-order valence-corrected chi connectivity index (χ4v) is 4.38. The monoisotopic (exact) mass is 480 g/mol. The molecule has 1 aliphatic heterocycles. The number of fused-ring (bicyclic) bond motifs is 1. The summed E-state index contributed by atoms with van der Waals surface area (Å²) in [5.41, 5.74) is 3.61. The van der Waals surface area contributed by atoms with E-state index in [4.69, 9.17) is 4.98 Å². The molecule has 0 amide bonds. The van der Waals surface area contributed by atoms with E-state index in [0.29, 0.717) is 16.7 Å². The molecular weight excluding hydrogens is 452 g/mol. The number of nitrogens with zero attached hydrogens (tertiary/aromatic N) is 4. The molecule has 0 radical (unpaired) electrons. The van der Waals surface area contributed by atoms with Crippen molar-refractivity contribution in [3.05, 3.63) is 68.2 Å². The Balaban J connectivity index is 1.75. The highest BCUT2D eigenvalue weighted by Gasteiger charge is 2.23. The molecule has 1 aromatic heterocycles. The lowest BCUT2D eigenvalue weighted by molar-refractivity contribution is 0.506. The Bertz CT molecular complexity index is 1200. The van der Waals surface area contributed by atoms with Gasteiger partial charge in [-0.15, -0.1) is 0 Å². The number of hydrogen-bond donors (Lipinski definition) is 0. The van der Waals surface area contributed by atoms with Crippen LogP contribution < -0.4 is 10.5 Å². The largest absolute Gasteiger partial charge is 0.372 e. The first-order valence-electron chi connectivity index (χ1n) is 10.9. The summed E-state index contributed by atoms with van der Waals surface area (Å²) in [6.45, 7) is 10.5. The minimum Gasteiger partial charge on any atom is -0.372 e. The second kappa shape index (κ2) is 8.58. The van der Waals surface area contributed by atoms with E-state index in [2.05, 4.69) is 51.1 Å². The van der Waals surface area contributed by atoms with E-state index in [1.807, 2.05) is 39.0 Å². The Labute approximate surface area is 191 Å². The van der Waals surface area contributed by atoms with E-state index in [-0.39, 0.29) is 11.0 Å². The van der Waals surface area contributed by atoms with Crippen molar-refractivity contribution < 1.29 is 0 Å². The topological polar surface area (TPSA) is 50.5 Å². The summed E-state index contributed by atoms with van der Waals surface area (Å²) in [6, 6.07) is 12.0. The number of piperidine rings is 1. The quantitative estimate of drug-likeness (QED) is 0.455. The van der Waals surface area contributed by atoms with Crippen LogP contribution in [-0.4, -0.2) is 29.0 Å². The van der Waals surface area contributed by atoms with Crippen LogP contribution in [0.3, 0.4) is 0 Å². The minimum absolute atomic E-state index is 0.157. The van der Waals surface area contributed by atoms with Crippen molar-refractivity contribution >= 4 is 38.7 Å². The van der Waals surface area contributed by atoms with E-state index in [1.165, 1.54) is 29.6 Å². The third-order valence-electron chi connectivity index (χ3n) is 5.77. The van der Waals surface area contributed by atoms with Crippen LogP contribution in [-0.2, 0) is 5.41 Å². The van der Waals surface area contributed by atoms with Crippen LogP contribution in [0.4, 0.5) is 5.69 Å². The molecular formula is C25H29BrN4O. The average Bonchev–Trinajstić information content (AvgIpc) is 2.74. The average molecular weight is 481 g/mol. The molecule has 1 aliphatic rings. The highest BCUT2D eigenvalue weighted by molar-refractivity contribution is 9.10. The lowest BCUT2D eigenvalue weighted by atomic mass is 9.95. The normalized spacial score (nSPS) is 15.2. The van der Waals surface area contributed by atoms with Crippen LogP contribution in [0.5, 0.6) is 0 Å². The summed E-state index contributed by atoms with van der Waals surface area (Å²) in [4.78, 5) is 20.5. The van der Waals surface area contributed by atoms with Gasteiger partial charge in [0.25, 0.3) is 5.56 Å². The number of aromatic nitrogens is 2. The number of aryl methyl sites for hydroxylation is 1. The van der Waals surface area contributed by atoms with Crippen molar-refractivity contribution in [1.29, 1.82) is 0 Å². The van der Waals surface area contributed by atoms with E-state index in [0.717, 1.165) is 28.7 Å². The van der Waals surface area contributed by atoms with Gasteiger partial charge in [-0.25, -0.2) is 4.98 Å². The van der Waals surface area contributed by atoms with Gasteiger partial charge in [0.15, 0.2) is 0 Å². The Kier molecular flexibility index (Phi) is 6.02. The first-order valence-corrected chi connectivity index (χ1v) is 11.7. The number of benzene rings is 2. The van der Waals surface area contributed by atoms with Crippen molar-refractivity contribution in [3.63, 3.8) is 0 Å². The second-order valence-electron chi connectivity index (χ2n) is 9.30. The number of rotatable bonds is 3. The highest BCUT2D eigenvalue weighted by atomic mass is 79.9. The van der Waals surface area contributed by atoms with Gasteiger partial charge in [-0.2, -0.15) is 9.78 Å². The smallest absolute Gasteiger partial charge is 0.282 e.